The molecule has 2 N–H and O–H groups in total. The van der Waals surface area contributed by atoms with E-state index in [1.165, 1.54) is 31.4 Å². The second-order valence-electron chi connectivity index (χ2n) is 10.2. The van der Waals surface area contributed by atoms with Crippen LogP contribution in [0, 0.1) is 28.9 Å². The van der Waals surface area contributed by atoms with Gasteiger partial charge in [-0.2, -0.15) is 5.26 Å². The van der Waals surface area contributed by atoms with Gasteiger partial charge in [0.1, 0.15) is 17.2 Å². The van der Waals surface area contributed by atoms with Crippen LogP contribution < -0.4 is 10.6 Å². The van der Waals surface area contributed by atoms with Gasteiger partial charge in [-0.15, -0.1) is 0 Å². The molecule has 2 atom stereocenters. The van der Waals surface area contributed by atoms with Gasteiger partial charge in [0.25, 0.3) is 5.91 Å². The van der Waals surface area contributed by atoms with E-state index in [2.05, 4.69) is 26.8 Å². The fraction of sp³-hybridized carbons (Fsp3) is 0.538. The molecule has 1 aromatic carbocycles. The zero-order valence-electron chi connectivity index (χ0n) is 20.5. The molecule has 1 aliphatic heterocycles. The zero-order valence-corrected chi connectivity index (χ0v) is 20.5. The third-order valence-electron chi connectivity index (χ3n) is 7.04. The van der Waals surface area contributed by atoms with Crippen molar-refractivity contribution in [3.05, 3.63) is 41.6 Å². The van der Waals surface area contributed by atoms with Gasteiger partial charge in [-0.3, -0.25) is 14.5 Å². The normalized spacial score (nSPS) is 21.5. The Balaban J connectivity index is 1.49. The lowest BCUT2D eigenvalue weighted by Crippen LogP contribution is -2.59. The van der Waals surface area contributed by atoms with E-state index in [0.29, 0.717) is 19.0 Å². The molecule has 4 rings (SSSR count). The van der Waals surface area contributed by atoms with Crippen LogP contribution in [-0.4, -0.2) is 52.6 Å². The highest BCUT2D eigenvalue weighted by atomic mass is 19.1. The number of hydrogen-bond donors (Lipinski definition) is 2. The second kappa shape index (κ2) is 10.7. The lowest BCUT2D eigenvalue weighted by atomic mass is 9.86. The van der Waals surface area contributed by atoms with Crippen molar-refractivity contribution < 1.29 is 22.9 Å². The molecule has 1 aliphatic carbocycles. The van der Waals surface area contributed by atoms with E-state index in [1.54, 1.807) is 13.8 Å². The van der Waals surface area contributed by atoms with E-state index in [9.17, 15) is 23.6 Å². The maximum Gasteiger partial charge on any atom is 0.273 e. The van der Waals surface area contributed by atoms with E-state index in [0.717, 1.165) is 31.5 Å². The van der Waals surface area contributed by atoms with E-state index < -0.39 is 35.0 Å². The Hall–Kier alpha value is -3.32. The fourth-order valence-electron chi connectivity index (χ4n) is 5.06. The van der Waals surface area contributed by atoms with Gasteiger partial charge in [-0.25, -0.2) is 8.78 Å². The molecule has 10 heteroatoms. The standard InChI is InChI=1S/C26H31F2N5O3/c1-26(2,15-29)31-24(34)19-14-33(17-6-4-3-5-7-17)11-10-21(19)30-25(35)22-13-23(36-32-22)18-9-8-16(27)12-20(18)28/h8-9,12-13,17,19,21H,3-7,10-11,14H2,1-2H3,(H,30,35)(H,31,34)/t19-,21-/m1/s1. The summed E-state index contributed by atoms with van der Waals surface area (Å²) in [5, 5.41) is 18.8. The van der Waals surface area contributed by atoms with Crippen molar-refractivity contribution in [3.63, 3.8) is 0 Å². The molecule has 2 aliphatic rings. The Morgan fingerprint density at radius 1 is 1.17 bits per heavy atom. The molecule has 1 saturated heterocycles. The third kappa shape index (κ3) is 5.90. The van der Waals surface area contributed by atoms with Gasteiger partial charge in [-0.1, -0.05) is 24.4 Å². The minimum atomic E-state index is -1.04. The van der Waals surface area contributed by atoms with Gasteiger partial charge in [0.2, 0.25) is 5.91 Å². The molecule has 2 amide bonds. The first-order valence-electron chi connectivity index (χ1n) is 12.4. The van der Waals surface area contributed by atoms with Crippen molar-refractivity contribution >= 4 is 11.8 Å². The van der Waals surface area contributed by atoms with E-state index >= 15 is 0 Å². The van der Waals surface area contributed by atoms with Crippen LogP contribution in [0.3, 0.4) is 0 Å². The highest BCUT2D eigenvalue weighted by Crippen LogP contribution is 2.29. The van der Waals surface area contributed by atoms with Crippen LogP contribution in [-0.2, 0) is 4.79 Å². The predicted octanol–water partition coefficient (Wildman–Crippen LogP) is 3.79. The lowest BCUT2D eigenvalue weighted by Gasteiger charge is -2.43. The molecule has 1 aromatic heterocycles. The number of likely N-dealkylation sites (tertiary alicyclic amines) is 1. The molecule has 2 aromatic rings. The number of halogens is 2. The Kier molecular flexibility index (Phi) is 7.69. The number of nitrogens with one attached hydrogen (secondary N) is 2. The number of carbonyl (C=O) groups is 2. The molecule has 36 heavy (non-hydrogen) atoms. The first-order chi connectivity index (χ1) is 17.2. The fourth-order valence-corrected chi connectivity index (χ4v) is 5.06. The highest BCUT2D eigenvalue weighted by Gasteiger charge is 2.39. The molecule has 0 radical (unpaired) electrons. The first-order valence-corrected chi connectivity index (χ1v) is 12.4. The summed E-state index contributed by atoms with van der Waals surface area (Å²) in [6, 6.07) is 6.34. The number of aromatic nitrogens is 1. The summed E-state index contributed by atoms with van der Waals surface area (Å²) < 4.78 is 32.5. The van der Waals surface area contributed by atoms with E-state index in [-0.39, 0.29) is 22.9 Å². The summed E-state index contributed by atoms with van der Waals surface area (Å²) in [5.41, 5.74) is -1.13. The first kappa shape index (κ1) is 25.8. The summed E-state index contributed by atoms with van der Waals surface area (Å²) in [5.74, 6) is -2.96. The quantitative estimate of drug-likeness (QED) is 0.626. The van der Waals surface area contributed by atoms with Crippen LogP contribution in [0.25, 0.3) is 11.3 Å². The molecule has 8 nitrogen and oxygen atoms in total. The van der Waals surface area contributed by atoms with Crippen LogP contribution in [0.1, 0.15) is 62.9 Å². The summed E-state index contributed by atoms with van der Waals surface area (Å²) >= 11 is 0. The van der Waals surface area contributed by atoms with Crippen molar-refractivity contribution in [3.8, 4) is 17.4 Å². The maximum absolute atomic E-state index is 14.1. The zero-order chi connectivity index (χ0) is 25.9. The number of rotatable bonds is 6. The van der Waals surface area contributed by atoms with Crippen molar-refractivity contribution in [1.82, 2.24) is 20.7 Å². The largest absolute Gasteiger partial charge is 0.355 e. The number of amides is 2. The molecule has 2 fully saturated rings. The number of nitriles is 1. The summed E-state index contributed by atoms with van der Waals surface area (Å²) in [4.78, 5) is 28.6. The van der Waals surface area contributed by atoms with Gasteiger partial charge in [0.15, 0.2) is 11.5 Å². The molecule has 192 valence electrons. The Morgan fingerprint density at radius 2 is 1.92 bits per heavy atom. The molecule has 0 unspecified atom stereocenters. The number of hydrogen-bond acceptors (Lipinski definition) is 6. The van der Waals surface area contributed by atoms with Crippen LogP contribution in [0.5, 0.6) is 0 Å². The van der Waals surface area contributed by atoms with Crippen molar-refractivity contribution in [2.75, 3.05) is 13.1 Å². The predicted molar refractivity (Wildman–Crippen MR) is 127 cm³/mol. The summed E-state index contributed by atoms with van der Waals surface area (Å²) in [6.45, 7) is 4.48. The van der Waals surface area contributed by atoms with Crippen LogP contribution in [0.2, 0.25) is 0 Å². The lowest BCUT2D eigenvalue weighted by molar-refractivity contribution is -0.129. The van der Waals surface area contributed by atoms with Crippen LogP contribution >= 0.6 is 0 Å². The molecule has 2 heterocycles. The third-order valence-corrected chi connectivity index (χ3v) is 7.04. The number of benzene rings is 1. The van der Waals surface area contributed by atoms with E-state index in [1.807, 2.05) is 0 Å². The molecule has 1 saturated carbocycles. The smallest absolute Gasteiger partial charge is 0.273 e. The SMILES string of the molecule is CC(C)(C#N)NC(=O)[C@@H]1CN(C2CCCCC2)CC[C@H]1NC(=O)c1cc(-c2ccc(F)cc2F)on1. The van der Waals surface area contributed by atoms with Gasteiger partial charge < -0.3 is 15.2 Å². The van der Waals surface area contributed by atoms with Crippen LogP contribution in [0.15, 0.2) is 28.8 Å². The van der Waals surface area contributed by atoms with E-state index in [4.69, 9.17) is 4.52 Å². The summed E-state index contributed by atoms with van der Waals surface area (Å²) in [6.07, 6.45) is 6.31. The van der Waals surface area contributed by atoms with Gasteiger partial charge in [0.05, 0.1) is 17.6 Å². The van der Waals surface area contributed by atoms with Crippen molar-refractivity contribution in [2.24, 2.45) is 5.92 Å². The topological polar surface area (TPSA) is 111 Å². The Bertz CT molecular complexity index is 1150. The minimum absolute atomic E-state index is 0.00479. The Morgan fingerprint density at radius 3 is 2.61 bits per heavy atom. The average Bonchev–Trinajstić information content (AvgIpc) is 3.34. The molecule has 0 bridgehead atoms. The van der Waals surface area contributed by atoms with Crippen LogP contribution in [0.4, 0.5) is 8.78 Å². The van der Waals surface area contributed by atoms with Crippen molar-refractivity contribution in [1.29, 1.82) is 5.26 Å². The monoisotopic (exact) mass is 499 g/mol. The van der Waals surface area contributed by atoms with Gasteiger partial charge in [0, 0.05) is 37.3 Å². The van der Waals surface area contributed by atoms with Gasteiger partial charge in [-0.05, 0) is 45.2 Å². The Labute approximate surface area is 209 Å². The van der Waals surface area contributed by atoms with Crippen molar-refractivity contribution in [2.45, 2.75) is 70.0 Å². The maximum atomic E-state index is 14.1. The molecular formula is C26H31F2N5O3. The number of carbonyl (C=O) groups excluding carboxylic acids is 2. The minimum Gasteiger partial charge on any atom is -0.355 e. The average molecular weight is 500 g/mol. The molecule has 0 spiro atoms. The van der Waals surface area contributed by atoms with Gasteiger partial charge >= 0.3 is 0 Å². The summed E-state index contributed by atoms with van der Waals surface area (Å²) in [7, 11) is 0. The second-order valence-corrected chi connectivity index (χ2v) is 10.2. The highest BCUT2D eigenvalue weighted by molar-refractivity contribution is 5.94. The molecular weight excluding hydrogens is 468 g/mol. The number of nitrogens with zero attached hydrogens (tertiary/aromatic N) is 3. The number of piperidine rings is 1.